The molecule has 0 unspecified atom stereocenters. The van der Waals surface area contributed by atoms with Gasteiger partial charge in [0.05, 0.1) is 0 Å². The van der Waals surface area contributed by atoms with Crippen LogP contribution in [0.5, 0.6) is 0 Å². The van der Waals surface area contributed by atoms with Crippen LogP contribution in [0.2, 0.25) is 0 Å². The third kappa shape index (κ3) is 18.6. The fraction of sp³-hybridized carbons (Fsp3) is 0. The van der Waals surface area contributed by atoms with Crippen molar-refractivity contribution in [2.45, 2.75) is 0 Å². The molecule has 0 atom stereocenters. The normalized spacial score (nSPS) is 11.2. The van der Waals surface area contributed by atoms with E-state index in [-0.39, 0.29) is 103 Å². The molecule has 0 aliphatic heterocycles. The maximum atomic E-state index is 9.51. The molecular formula is H6Ba2O8S2. The van der Waals surface area contributed by atoms with Crippen LogP contribution in [0.3, 0.4) is 0 Å². The molecule has 0 saturated heterocycles. The van der Waals surface area contributed by atoms with Crippen molar-refractivity contribution < 1.29 is 40.3 Å². The fourth-order valence-corrected chi connectivity index (χ4v) is 0.632. The Hall–Kier alpha value is 2.88. The summed E-state index contributed by atoms with van der Waals surface area (Å²) in [4.78, 5) is 0. The Morgan fingerprint density at radius 1 is 0.833 bits per heavy atom. The summed E-state index contributed by atoms with van der Waals surface area (Å²) in [6.07, 6.45) is 0. The Morgan fingerprint density at radius 3 is 1.08 bits per heavy atom. The Morgan fingerprint density at radius 2 is 1.00 bits per heavy atom. The predicted octanol–water partition coefficient (Wildman–Crippen LogP) is -1.77. The second kappa shape index (κ2) is 8.08. The molecule has 70 valence electrons. The molecule has 12 heteroatoms. The third-order valence-corrected chi connectivity index (χ3v) is 0.766. The summed E-state index contributed by atoms with van der Waals surface area (Å²) in [7, 11) is -10.0. The molecule has 0 aliphatic rings. The van der Waals surface area contributed by atoms with E-state index in [0.29, 0.717) is 0 Å². The Kier molecular flexibility index (Phi) is 13.7. The first-order chi connectivity index (χ1) is 4.21. The van der Waals surface area contributed by atoms with E-state index in [4.69, 9.17) is 9.11 Å². The predicted molar refractivity (Wildman–Crippen MR) is 41.2 cm³/mol. The zero-order chi connectivity index (χ0) is 8.41. The first kappa shape index (κ1) is 20.3. The molecule has 0 bridgehead atoms. The van der Waals surface area contributed by atoms with Crippen LogP contribution in [0.1, 0.15) is 5.71 Å². The SMILES string of the molecule is O=S(=O)(O)OOS(=O)(=O)O.[Ba+2].[Ba+2].[H-].[H-].[H-].[H-]. The molecule has 8 nitrogen and oxygen atoms in total. The molecule has 0 fully saturated rings. The molecular weight excluding hydrogens is 467 g/mol. The van der Waals surface area contributed by atoms with Gasteiger partial charge in [-0.3, -0.25) is 9.11 Å². The molecule has 0 heterocycles. The second-order valence-corrected chi connectivity index (χ2v) is 2.97. The first-order valence-electron chi connectivity index (χ1n) is 1.53. The van der Waals surface area contributed by atoms with Gasteiger partial charge in [0.1, 0.15) is 0 Å². The van der Waals surface area contributed by atoms with E-state index in [1.165, 1.54) is 0 Å². The summed E-state index contributed by atoms with van der Waals surface area (Å²) in [6.45, 7) is 0. The van der Waals surface area contributed by atoms with E-state index in [0.717, 1.165) is 0 Å². The van der Waals surface area contributed by atoms with Crippen LogP contribution >= 0.6 is 0 Å². The van der Waals surface area contributed by atoms with E-state index in [1.807, 2.05) is 0 Å². The monoisotopic (exact) mass is 474 g/mol. The van der Waals surface area contributed by atoms with Crippen molar-refractivity contribution in [3.63, 3.8) is 0 Å². The van der Waals surface area contributed by atoms with Crippen LogP contribution < -0.4 is 0 Å². The van der Waals surface area contributed by atoms with E-state index >= 15 is 0 Å². The third-order valence-electron chi connectivity index (χ3n) is 0.200. The average molecular weight is 473 g/mol. The fourth-order valence-electron chi connectivity index (χ4n) is 0.0702. The molecule has 0 rings (SSSR count). The van der Waals surface area contributed by atoms with Gasteiger partial charge in [-0.25, -0.2) is 0 Å². The molecule has 0 aliphatic carbocycles. The van der Waals surface area contributed by atoms with Gasteiger partial charge in [0.15, 0.2) is 0 Å². The molecule has 0 amide bonds. The molecule has 0 aromatic heterocycles. The van der Waals surface area contributed by atoms with Gasteiger partial charge in [0.2, 0.25) is 0 Å². The van der Waals surface area contributed by atoms with Crippen molar-refractivity contribution in [3.8, 4) is 0 Å². The number of rotatable bonds is 3. The number of hydrogen-bond donors (Lipinski definition) is 2. The van der Waals surface area contributed by atoms with Crippen LogP contribution in [0, 0.1) is 0 Å². The summed E-state index contributed by atoms with van der Waals surface area (Å²) in [5.74, 6) is 0. The maximum Gasteiger partial charge on any atom is 2.00 e. The summed E-state index contributed by atoms with van der Waals surface area (Å²) < 4.78 is 58.9. The molecule has 0 radical (unpaired) electrons. The second-order valence-electron chi connectivity index (χ2n) is 0.992. The van der Waals surface area contributed by atoms with Gasteiger partial charge in [-0.2, -0.15) is 16.8 Å². The van der Waals surface area contributed by atoms with E-state index in [9.17, 15) is 16.8 Å². The van der Waals surface area contributed by atoms with Crippen molar-refractivity contribution in [1.29, 1.82) is 0 Å². The van der Waals surface area contributed by atoms with Gasteiger partial charge in [-0.1, -0.05) is 8.67 Å². The standard InChI is InChI=1S/2Ba.H2O8S2.4H/c;;1-9(2,3)7-8-10(4,5)6;;;;/h;;(H,1,2,3)(H,4,5,6);;;;/q2*+2;;4*-1. The van der Waals surface area contributed by atoms with Crippen LogP contribution in [-0.4, -0.2) is 124 Å². The largest absolute Gasteiger partial charge is 2.00 e. The average Bonchev–Trinajstić information content (AvgIpc) is 1.57. The van der Waals surface area contributed by atoms with Crippen LogP contribution in [0.15, 0.2) is 0 Å². The van der Waals surface area contributed by atoms with Crippen LogP contribution in [-0.2, 0) is 29.5 Å². The van der Waals surface area contributed by atoms with Crippen LogP contribution in [0.4, 0.5) is 0 Å². The zero-order valence-corrected chi connectivity index (χ0v) is 16.1. The van der Waals surface area contributed by atoms with Crippen molar-refractivity contribution in [1.82, 2.24) is 0 Å². The van der Waals surface area contributed by atoms with Gasteiger partial charge >= 0.3 is 119 Å². The summed E-state index contributed by atoms with van der Waals surface area (Å²) in [6, 6.07) is 0. The zero-order valence-electron chi connectivity index (χ0n) is 9.57. The topological polar surface area (TPSA) is 127 Å². The maximum absolute atomic E-state index is 9.51. The van der Waals surface area contributed by atoms with Crippen molar-refractivity contribution in [3.05, 3.63) is 0 Å². The summed E-state index contributed by atoms with van der Waals surface area (Å²) >= 11 is 0. The summed E-state index contributed by atoms with van der Waals surface area (Å²) in [5, 5.41) is 0. The Balaban J connectivity index is -0.0000000270. The van der Waals surface area contributed by atoms with Crippen molar-refractivity contribution in [2.75, 3.05) is 0 Å². The minimum atomic E-state index is -5.02. The van der Waals surface area contributed by atoms with Gasteiger partial charge in [0, 0.05) is 0 Å². The van der Waals surface area contributed by atoms with Gasteiger partial charge < -0.3 is 5.71 Å². The van der Waals surface area contributed by atoms with Gasteiger partial charge in [-0.05, 0) is 0 Å². The van der Waals surface area contributed by atoms with Crippen molar-refractivity contribution in [2.24, 2.45) is 0 Å². The van der Waals surface area contributed by atoms with E-state index < -0.39 is 20.8 Å². The minimum Gasteiger partial charge on any atom is -1.00 e. The smallest absolute Gasteiger partial charge is 1.00 e. The van der Waals surface area contributed by atoms with E-state index in [2.05, 4.69) is 8.67 Å². The van der Waals surface area contributed by atoms with Gasteiger partial charge in [-0.15, -0.1) is 0 Å². The number of hydrogen-bond acceptors (Lipinski definition) is 6. The van der Waals surface area contributed by atoms with E-state index in [1.54, 1.807) is 0 Å². The Bertz CT molecular complexity index is 264. The minimum absolute atomic E-state index is 0. The molecule has 12 heavy (non-hydrogen) atoms. The van der Waals surface area contributed by atoms with Crippen molar-refractivity contribution >= 4 is 119 Å². The molecule has 0 aromatic carbocycles. The Labute approximate surface area is 155 Å². The molecule has 0 spiro atoms. The van der Waals surface area contributed by atoms with Crippen LogP contribution in [0.25, 0.3) is 0 Å². The summed E-state index contributed by atoms with van der Waals surface area (Å²) in [5.41, 5.74) is 0. The molecule has 0 saturated carbocycles. The quantitative estimate of drug-likeness (QED) is 0.214. The molecule has 2 N–H and O–H groups in total. The first-order valence-corrected chi connectivity index (χ1v) is 4.26. The van der Waals surface area contributed by atoms with Gasteiger partial charge in [0.25, 0.3) is 0 Å². The molecule has 0 aromatic rings.